The first-order chi connectivity index (χ1) is 15.4. The minimum absolute atomic E-state index is 0.000111. The number of rotatable bonds is 4. The average molecular weight is 470 g/mol. The third-order valence-electron chi connectivity index (χ3n) is 6.82. The Balaban J connectivity index is 1.48. The second-order valence-electron chi connectivity index (χ2n) is 8.73. The van der Waals surface area contributed by atoms with Crippen LogP contribution in [0.4, 0.5) is 5.69 Å². The van der Waals surface area contributed by atoms with Gasteiger partial charge in [0.25, 0.3) is 10.0 Å². The van der Waals surface area contributed by atoms with Gasteiger partial charge in [-0.15, -0.1) is 11.3 Å². The van der Waals surface area contributed by atoms with Crippen LogP contribution in [0.5, 0.6) is 0 Å². The summed E-state index contributed by atoms with van der Waals surface area (Å²) in [4.78, 5) is 18.0. The van der Waals surface area contributed by atoms with Gasteiger partial charge in [-0.25, -0.2) is 8.42 Å². The maximum atomic E-state index is 13.8. The van der Waals surface area contributed by atoms with Gasteiger partial charge in [0.2, 0.25) is 5.91 Å². The van der Waals surface area contributed by atoms with Crippen molar-refractivity contribution in [1.29, 1.82) is 0 Å². The molecule has 0 N–H and O–H groups in total. The van der Waals surface area contributed by atoms with Gasteiger partial charge in [0.05, 0.1) is 18.2 Å². The summed E-state index contributed by atoms with van der Waals surface area (Å²) in [6.07, 6.45) is 1.88. The number of para-hydroxylation sites is 1. The zero-order valence-corrected chi connectivity index (χ0v) is 19.9. The molecule has 0 aliphatic carbocycles. The highest BCUT2D eigenvalue weighted by atomic mass is 32.2. The van der Waals surface area contributed by atoms with Crippen LogP contribution < -0.4 is 4.31 Å². The molecule has 3 heterocycles. The topological polar surface area (TPSA) is 60.9 Å². The Hall–Kier alpha value is -2.42. The SMILES string of the molecule is CN1CCC(N(C)C(=O)C2CN(S(=O)(=O)c3csc4ccccc34)c3ccccc32)CC1. The van der Waals surface area contributed by atoms with Gasteiger partial charge in [-0.2, -0.15) is 0 Å². The number of carbonyl (C=O) groups is 1. The summed E-state index contributed by atoms with van der Waals surface area (Å²) in [5.74, 6) is -0.490. The van der Waals surface area contributed by atoms with Crippen LogP contribution in [-0.2, 0) is 14.8 Å². The lowest BCUT2D eigenvalue weighted by Gasteiger charge is -2.36. The van der Waals surface area contributed by atoms with E-state index in [0.29, 0.717) is 10.6 Å². The number of likely N-dealkylation sites (tertiary alicyclic amines) is 1. The molecule has 2 aliphatic rings. The molecule has 1 saturated heterocycles. The molecule has 32 heavy (non-hydrogen) atoms. The minimum atomic E-state index is -3.79. The largest absolute Gasteiger partial charge is 0.342 e. The smallest absolute Gasteiger partial charge is 0.265 e. The lowest BCUT2D eigenvalue weighted by Crippen LogP contribution is -2.46. The van der Waals surface area contributed by atoms with Gasteiger partial charge in [0, 0.05) is 28.6 Å². The minimum Gasteiger partial charge on any atom is -0.342 e. The molecule has 168 valence electrons. The van der Waals surface area contributed by atoms with E-state index < -0.39 is 15.9 Å². The molecule has 1 unspecified atom stereocenters. The molecule has 0 bridgehead atoms. The highest BCUT2D eigenvalue weighted by Gasteiger charge is 2.42. The number of benzene rings is 2. The van der Waals surface area contributed by atoms with E-state index in [1.807, 2.05) is 60.5 Å². The van der Waals surface area contributed by atoms with Crippen molar-refractivity contribution >= 4 is 43.0 Å². The lowest BCUT2D eigenvalue weighted by molar-refractivity contribution is -0.134. The van der Waals surface area contributed by atoms with E-state index in [0.717, 1.165) is 41.6 Å². The van der Waals surface area contributed by atoms with E-state index in [2.05, 4.69) is 11.9 Å². The van der Waals surface area contributed by atoms with Crippen LogP contribution in [0.3, 0.4) is 0 Å². The van der Waals surface area contributed by atoms with Gasteiger partial charge < -0.3 is 9.80 Å². The normalized spacial score (nSPS) is 19.9. The zero-order valence-electron chi connectivity index (χ0n) is 18.3. The van der Waals surface area contributed by atoms with Crippen molar-refractivity contribution in [2.45, 2.75) is 29.7 Å². The van der Waals surface area contributed by atoms with E-state index in [1.54, 1.807) is 5.38 Å². The van der Waals surface area contributed by atoms with Crippen molar-refractivity contribution in [2.24, 2.45) is 0 Å². The predicted octanol–water partition coefficient (Wildman–Crippen LogP) is 3.75. The van der Waals surface area contributed by atoms with Crippen LogP contribution in [0.25, 0.3) is 10.1 Å². The first-order valence-corrected chi connectivity index (χ1v) is 13.2. The molecule has 6 nitrogen and oxygen atoms in total. The number of hydrogen-bond donors (Lipinski definition) is 0. The summed E-state index contributed by atoms with van der Waals surface area (Å²) in [7, 11) is 0.172. The van der Waals surface area contributed by atoms with E-state index in [-0.39, 0.29) is 18.5 Å². The summed E-state index contributed by atoms with van der Waals surface area (Å²) in [5.41, 5.74) is 1.40. The van der Waals surface area contributed by atoms with Crippen molar-refractivity contribution in [2.75, 3.05) is 38.0 Å². The van der Waals surface area contributed by atoms with Gasteiger partial charge in [-0.3, -0.25) is 9.10 Å². The molecule has 0 spiro atoms. The Morgan fingerprint density at radius 1 is 1.06 bits per heavy atom. The third-order valence-corrected chi connectivity index (χ3v) is 9.76. The average Bonchev–Trinajstić information content (AvgIpc) is 3.41. The Morgan fingerprint density at radius 3 is 2.53 bits per heavy atom. The molecule has 2 aliphatic heterocycles. The molecule has 8 heteroatoms. The fourth-order valence-electron chi connectivity index (χ4n) is 4.89. The summed E-state index contributed by atoms with van der Waals surface area (Å²) >= 11 is 1.43. The summed E-state index contributed by atoms with van der Waals surface area (Å²) in [6.45, 7) is 2.08. The zero-order chi connectivity index (χ0) is 22.5. The van der Waals surface area contributed by atoms with Crippen molar-refractivity contribution in [3.8, 4) is 0 Å². The van der Waals surface area contributed by atoms with Crippen molar-refractivity contribution in [3.63, 3.8) is 0 Å². The van der Waals surface area contributed by atoms with Crippen molar-refractivity contribution in [3.05, 3.63) is 59.5 Å². The van der Waals surface area contributed by atoms with Gasteiger partial charge in [-0.1, -0.05) is 36.4 Å². The van der Waals surface area contributed by atoms with E-state index >= 15 is 0 Å². The summed E-state index contributed by atoms with van der Waals surface area (Å²) < 4.78 is 29.9. The van der Waals surface area contributed by atoms with Gasteiger partial charge in [0.15, 0.2) is 0 Å². The molecular formula is C24H27N3O3S2. The van der Waals surface area contributed by atoms with Crippen molar-refractivity contribution < 1.29 is 13.2 Å². The number of fused-ring (bicyclic) bond motifs is 2. The lowest BCUT2D eigenvalue weighted by atomic mass is 9.97. The van der Waals surface area contributed by atoms with Crippen LogP contribution in [0.1, 0.15) is 24.3 Å². The number of nitrogens with zero attached hydrogens (tertiary/aromatic N) is 3. The maximum Gasteiger partial charge on any atom is 0.265 e. The quantitative estimate of drug-likeness (QED) is 0.584. The van der Waals surface area contributed by atoms with E-state index in [9.17, 15) is 13.2 Å². The van der Waals surface area contributed by atoms with E-state index in [1.165, 1.54) is 15.6 Å². The van der Waals surface area contributed by atoms with Gasteiger partial charge in [-0.05, 0) is 50.7 Å². The molecule has 1 atom stereocenters. The van der Waals surface area contributed by atoms with Crippen LogP contribution in [0.2, 0.25) is 0 Å². The number of amides is 1. The monoisotopic (exact) mass is 469 g/mol. The van der Waals surface area contributed by atoms with Gasteiger partial charge in [0.1, 0.15) is 4.90 Å². The van der Waals surface area contributed by atoms with Gasteiger partial charge >= 0.3 is 0 Å². The first-order valence-electron chi connectivity index (χ1n) is 10.9. The highest BCUT2D eigenvalue weighted by molar-refractivity contribution is 7.93. The number of carbonyl (C=O) groups excluding carboxylic acids is 1. The summed E-state index contributed by atoms with van der Waals surface area (Å²) in [6, 6.07) is 15.1. The fourth-order valence-corrected chi connectivity index (χ4v) is 7.87. The molecule has 1 fully saturated rings. The molecule has 3 aromatic rings. The molecule has 5 rings (SSSR count). The number of anilines is 1. The molecule has 1 aromatic heterocycles. The van der Waals surface area contributed by atoms with Crippen molar-refractivity contribution in [1.82, 2.24) is 9.80 Å². The maximum absolute atomic E-state index is 13.8. The number of sulfonamides is 1. The molecule has 0 saturated carbocycles. The summed E-state index contributed by atoms with van der Waals surface area (Å²) in [5, 5.41) is 2.44. The second kappa shape index (κ2) is 8.17. The number of piperidine rings is 1. The Labute approximate surface area is 193 Å². The number of likely N-dealkylation sites (N-methyl/N-ethyl adjacent to an activating group) is 1. The Kier molecular flexibility index (Phi) is 5.47. The first kappa shape index (κ1) is 21.4. The molecule has 1 amide bonds. The highest BCUT2D eigenvalue weighted by Crippen LogP contribution is 2.42. The van der Waals surface area contributed by atoms with Crippen LogP contribution in [0, 0.1) is 0 Å². The number of thiophene rings is 1. The Morgan fingerprint density at radius 2 is 1.75 bits per heavy atom. The molecule has 2 aromatic carbocycles. The fraction of sp³-hybridized carbons (Fsp3) is 0.375. The molecular weight excluding hydrogens is 442 g/mol. The van der Waals surface area contributed by atoms with Crippen LogP contribution in [-0.4, -0.2) is 63.9 Å². The second-order valence-corrected chi connectivity index (χ2v) is 11.5. The Bertz CT molecular complexity index is 1260. The third kappa shape index (κ3) is 3.50. The van der Waals surface area contributed by atoms with E-state index in [4.69, 9.17) is 0 Å². The predicted molar refractivity (Wildman–Crippen MR) is 129 cm³/mol. The van der Waals surface area contributed by atoms with Crippen LogP contribution in [0.15, 0.2) is 58.8 Å². The molecule has 0 radical (unpaired) electrons. The number of hydrogen-bond acceptors (Lipinski definition) is 5. The standard InChI is InChI=1S/C24H27N3O3S2/c1-25-13-11-17(12-14-25)26(2)24(28)20-15-27(21-9-5-3-7-18(20)21)32(29,30)23-16-31-22-10-6-4-8-19(22)23/h3-10,16-17,20H,11-15H2,1-2H3. The van der Waals surface area contributed by atoms with Crippen LogP contribution >= 0.6 is 11.3 Å².